The summed E-state index contributed by atoms with van der Waals surface area (Å²) in [5.41, 5.74) is 8.14. The lowest BCUT2D eigenvalue weighted by molar-refractivity contribution is 0.726. The van der Waals surface area contributed by atoms with Crippen molar-refractivity contribution >= 4 is 43.9 Å². The molecule has 1 atom stereocenters. The van der Waals surface area contributed by atoms with Crippen molar-refractivity contribution < 1.29 is 0 Å². The molecule has 0 spiro atoms. The van der Waals surface area contributed by atoms with Gasteiger partial charge in [0.25, 0.3) is 0 Å². The molecule has 0 aliphatic heterocycles. The molecule has 3 rings (SSSR count). The minimum atomic E-state index is 0.120. The van der Waals surface area contributed by atoms with Crippen LogP contribution in [0.5, 0.6) is 0 Å². The monoisotopic (exact) mass is 424 g/mol. The van der Waals surface area contributed by atoms with Crippen LogP contribution >= 0.6 is 38.9 Å². The van der Waals surface area contributed by atoms with Gasteiger partial charge in [0.1, 0.15) is 0 Å². The number of halogens is 2. The molecule has 0 unspecified atom stereocenters. The van der Waals surface area contributed by atoms with Crippen molar-refractivity contribution in [3.8, 4) is 10.6 Å². The maximum Gasteiger partial charge on any atom is 0.0903 e. The summed E-state index contributed by atoms with van der Waals surface area (Å²) in [5.74, 6) is 0. The summed E-state index contributed by atoms with van der Waals surface area (Å²) in [6.45, 7) is 0.530. The second-order valence-corrected chi connectivity index (χ2v) is 7.81. The van der Waals surface area contributed by atoms with Crippen molar-refractivity contribution in [3.05, 3.63) is 57.7 Å². The van der Waals surface area contributed by atoms with Crippen LogP contribution in [0.15, 0.2) is 47.1 Å². The average molecular weight is 426 g/mol. The Morgan fingerprint density at radius 2 is 2.17 bits per heavy atom. The molecule has 0 saturated carbocycles. The van der Waals surface area contributed by atoms with Gasteiger partial charge in [-0.15, -0.1) is 11.3 Å². The van der Waals surface area contributed by atoms with Crippen molar-refractivity contribution in [2.45, 2.75) is 12.5 Å². The number of aryl methyl sites for hydroxylation is 1. The van der Waals surface area contributed by atoms with E-state index in [1.807, 2.05) is 42.1 Å². The van der Waals surface area contributed by atoms with Crippen LogP contribution in [0.3, 0.4) is 0 Å². The Labute approximate surface area is 158 Å². The summed E-state index contributed by atoms with van der Waals surface area (Å²) in [4.78, 5) is 1.14. The minimum Gasteiger partial charge on any atom is -0.373 e. The normalized spacial score (nSPS) is 12.3. The Morgan fingerprint density at radius 3 is 2.83 bits per heavy atom. The van der Waals surface area contributed by atoms with E-state index in [4.69, 9.17) is 17.3 Å². The molecule has 0 aliphatic rings. The Bertz CT molecular complexity index is 830. The van der Waals surface area contributed by atoms with Gasteiger partial charge < -0.3 is 11.1 Å². The van der Waals surface area contributed by atoms with Gasteiger partial charge in [0, 0.05) is 35.3 Å². The standard InChI is InChI=1S/C17H18BrClN4S/c1-23-15(6-7-21-23)17-13(18)9-16(24-17)22-12(10-20)8-11-4-2-3-5-14(11)19/h2-7,9,12,22H,8,10,20H2,1H3/t12-/m0/s1. The van der Waals surface area contributed by atoms with Gasteiger partial charge in [0.05, 0.1) is 15.6 Å². The number of hydrogen-bond donors (Lipinski definition) is 2. The lowest BCUT2D eigenvalue weighted by atomic mass is 10.1. The molecule has 0 amide bonds. The second kappa shape index (κ2) is 7.70. The first-order valence-electron chi connectivity index (χ1n) is 7.56. The molecule has 0 aliphatic carbocycles. The summed E-state index contributed by atoms with van der Waals surface area (Å²) >= 11 is 11.6. The quantitative estimate of drug-likeness (QED) is 0.609. The van der Waals surface area contributed by atoms with Gasteiger partial charge >= 0.3 is 0 Å². The zero-order valence-corrected chi connectivity index (χ0v) is 16.3. The Kier molecular flexibility index (Phi) is 5.61. The molecule has 24 heavy (non-hydrogen) atoms. The van der Waals surface area contributed by atoms with Crippen molar-refractivity contribution in [2.75, 3.05) is 11.9 Å². The maximum atomic E-state index is 6.26. The summed E-state index contributed by atoms with van der Waals surface area (Å²) in [5, 5.41) is 9.60. The van der Waals surface area contributed by atoms with Crippen LogP contribution in [0.4, 0.5) is 5.00 Å². The third-order valence-electron chi connectivity index (χ3n) is 3.80. The fourth-order valence-electron chi connectivity index (χ4n) is 2.54. The van der Waals surface area contributed by atoms with Crippen LogP contribution in [0.1, 0.15) is 5.56 Å². The first-order valence-corrected chi connectivity index (χ1v) is 9.55. The molecule has 1 aromatic carbocycles. The summed E-state index contributed by atoms with van der Waals surface area (Å²) in [7, 11) is 1.94. The van der Waals surface area contributed by atoms with Gasteiger partial charge in [-0.25, -0.2) is 0 Å². The van der Waals surface area contributed by atoms with E-state index in [0.717, 1.165) is 37.1 Å². The van der Waals surface area contributed by atoms with Gasteiger partial charge in [-0.1, -0.05) is 29.8 Å². The predicted octanol–water partition coefficient (Wildman–Crippen LogP) is 4.55. The lowest BCUT2D eigenvalue weighted by Crippen LogP contribution is -2.30. The van der Waals surface area contributed by atoms with Crippen LogP contribution in [-0.2, 0) is 13.5 Å². The molecule has 3 N–H and O–H groups in total. The summed E-state index contributed by atoms with van der Waals surface area (Å²) < 4.78 is 2.91. The van der Waals surface area contributed by atoms with E-state index in [1.54, 1.807) is 17.5 Å². The predicted molar refractivity (Wildman–Crippen MR) is 106 cm³/mol. The fourth-order valence-corrected chi connectivity index (χ4v) is 4.66. The lowest BCUT2D eigenvalue weighted by Gasteiger charge is -2.17. The summed E-state index contributed by atoms with van der Waals surface area (Å²) in [6, 6.07) is 12.1. The van der Waals surface area contributed by atoms with E-state index in [2.05, 4.69) is 32.4 Å². The maximum absolute atomic E-state index is 6.26. The molecule has 3 aromatic rings. The minimum absolute atomic E-state index is 0.120. The fraction of sp³-hybridized carbons (Fsp3) is 0.235. The van der Waals surface area contributed by atoms with Gasteiger partial charge in [-0.05, 0) is 46.1 Å². The summed E-state index contributed by atoms with van der Waals surface area (Å²) in [6.07, 6.45) is 2.58. The number of rotatable bonds is 6. The highest BCUT2D eigenvalue weighted by Gasteiger charge is 2.15. The number of nitrogens with two attached hydrogens (primary N) is 1. The van der Waals surface area contributed by atoms with Crippen molar-refractivity contribution in [2.24, 2.45) is 12.8 Å². The van der Waals surface area contributed by atoms with Gasteiger partial charge in [-0.3, -0.25) is 4.68 Å². The van der Waals surface area contributed by atoms with Gasteiger partial charge in [0.2, 0.25) is 0 Å². The van der Waals surface area contributed by atoms with E-state index in [-0.39, 0.29) is 6.04 Å². The first kappa shape index (κ1) is 17.5. The molecular weight excluding hydrogens is 408 g/mol. The Hall–Kier alpha value is -1.34. The zero-order valence-electron chi connectivity index (χ0n) is 13.2. The van der Waals surface area contributed by atoms with E-state index in [1.165, 1.54) is 0 Å². The van der Waals surface area contributed by atoms with Crippen molar-refractivity contribution in [1.29, 1.82) is 0 Å². The molecule has 4 nitrogen and oxygen atoms in total. The zero-order chi connectivity index (χ0) is 17.1. The molecule has 0 saturated heterocycles. The molecule has 2 heterocycles. The molecular formula is C17H18BrClN4S. The Balaban J connectivity index is 1.77. The molecule has 126 valence electrons. The van der Waals surface area contributed by atoms with Gasteiger partial charge in [-0.2, -0.15) is 5.10 Å². The SMILES string of the molecule is Cn1nccc1-c1sc(N[C@H](CN)Cc2ccccc2Cl)cc1Br. The van der Waals surface area contributed by atoms with Crippen molar-refractivity contribution in [3.63, 3.8) is 0 Å². The molecule has 2 aromatic heterocycles. The number of nitrogens with one attached hydrogen (secondary N) is 1. The largest absolute Gasteiger partial charge is 0.373 e. The smallest absolute Gasteiger partial charge is 0.0903 e. The number of thiophene rings is 1. The number of benzene rings is 1. The molecule has 7 heteroatoms. The van der Waals surface area contributed by atoms with E-state index in [9.17, 15) is 0 Å². The number of anilines is 1. The number of aromatic nitrogens is 2. The van der Waals surface area contributed by atoms with Crippen LogP contribution < -0.4 is 11.1 Å². The third kappa shape index (κ3) is 3.83. The highest BCUT2D eigenvalue weighted by Crippen LogP contribution is 2.39. The third-order valence-corrected chi connectivity index (χ3v) is 6.14. The van der Waals surface area contributed by atoms with E-state index >= 15 is 0 Å². The van der Waals surface area contributed by atoms with E-state index in [0.29, 0.717) is 6.54 Å². The number of hydrogen-bond acceptors (Lipinski definition) is 4. The topological polar surface area (TPSA) is 55.9 Å². The average Bonchev–Trinajstić information content (AvgIpc) is 3.14. The second-order valence-electron chi connectivity index (χ2n) is 5.50. The van der Waals surface area contributed by atoms with Crippen LogP contribution in [0.25, 0.3) is 10.6 Å². The van der Waals surface area contributed by atoms with E-state index < -0.39 is 0 Å². The highest BCUT2D eigenvalue weighted by atomic mass is 79.9. The van der Waals surface area contributed by atoms with Crippen molar-refractivity contribution in [1.82, 2.24) is 9.78 Å². The van der Waals surface area contributed by atoms with Crippen LogP contribution in [0.2, 0.25) is 5.02 Å². The van der Waals surface area contributed by atoms with Crippen LogP contribution in [0, 0.1) is 0 Å². The van der Waals surface area contributed by atoms with Gasteiger partial charge in [0.15, 0.2) is 0 Å². The molecule has 0 bridgehead atoms. The number of nitrogens with zero attached hydrogens (tertiary/aromatic N) is 2. The first-order chi connectivity index (χ1) is 11.6. The molecule has 0 fully saturated rings. The molecule has 0 radical (unpaired) electrons. The van der Waals surface area contributed by atoms with Crippen LogP contribution in [-0.4, -0.2) is 22.4 Å². The Morgan fingerprint density at radius 1 is 1.38 bits per heavy atom. The highest BCUT2D eigenvalue weighted by molar-refractivity contribution is 9.10.